The van der Waals surface area contributed by atoms with E-state index in [0.717, 1.165) is 14.3 Å². The summed E-state index contributed by atoms with van der Waals surface area (Å²) in [6, 6.07) is 17.6. The summed E-state index contributed by atoms with van der Waals surface area (Å²) in [6.45, 7) is -0.395. The zero-order chi connectivity index (χ0) is 22.6. The second-order valence-corrected chi connectivity index (χ2v) is 10.6. The van der Waals surface area contributed by atoms with Crippen LogP contribution >= 0.6 is 50.7 Å². The van der Waals surface area contributed by atoms with Crippen LogP contribution in [-0.4, -0.2) is 25.2 Å². The van der Waals surface area contributed by atoms with Crippen LogP contribution in [0.2, 0.25) is 15.1 Å². The molecule has 3 aromatic carbocycles. The summed E-state index contributed by atoms with van der Waals surface area (Å²) in [5.41, 5.74) is 1.13. The molecule has 10 heteroatoms. The number of carbonyl (C=O) groups is 1. The highest BCUT2D eigenvalue weighted by molar-refractivity contribution is 9.10. The molecule has 0 radical (unpaired) electrons. The molecule has 0 spiro atoms. The van der Waals surface area contributed by atoms with Crippen LogP contribution in [0.1, 0.15) is 5.56 Å². The van der Waals surface area contributed by atoms with Gasteiger partial charge in [0.25, 0.3) is 0 Å². The molecule has 0 heterocycles. The van der Waals surface area contributed by atoms with Gasteiger partial charge in [-0.25, -0.2) is 8.42 Å². The van der Waals surface area contributed by atoms with Crippen molar-refractivity contribution in [3.8, 4) is 0 Å². The van der Waals surface area contributed by atoms with Crippen molar-refractivity contribution in [2.45, 2.75) is 11.4 Å². The summed E-state index contributed by atoms with van der Waals surface area (Å²) in [7, 11) is -3.97. The van der Waals surface area contributed by atoms with E-state index in [0.29, 0.717) is 15.7 Å². The van der Waals surface area contributed by atoms with Crippen LogP contribution < -0.4 is 5.32 Å². The Labute approximate surface area is 204 Å². The van der Waals surface area contributed by atoms with Gasteiger partial charge in [-0.05, 0) is 60.2 Å². The Morgan fingerprint density at radius 3 is 2.16 bits per heavy atom. The number of hydrogen-bond acceptors (Lipinski definition) is 3. The molecule has 31 heavy (non-hydrogen) atoms. The van der Waals surface area contributed by atoms with E-state index in [2.05, 4.69) is 21.2 Å². The number of sulfonamides is 1. The Morgan fingerprint density at radius 1 is 0.903 bits per heavy atom. The number of halogens is 4. The van der Waals surface area contributed by atoms with Gasteiger partial charge in [-0.1, -0.05) is 62.9 Å². The highest BCUT2D eigenvalue weighted by atomic mass is 79.9. The highest BCUT2D eigenvalue weighted by Gasteiger charge is 2.27. The summed E-state index contributed by atoms with van der Waals surface area (Å²) in [6.07, 6.45) is 0. The van der Waals surface area contributed by atoms with Crippen molar-refractivity contribution in [2.24, 2.45) is 0 Å². The maximum atomic E-state index is 13.3. The maximum Gasteiger partial charge on any atom is 0.243 e. The average Bonchev–Trinajstić information content (AvgIpc) is 2.72. The number of benzene rings is 3. The molecule has 0 saturated carbocycles. The van der Waals surface area contributed by atoms with Crippen molar-refractivity contribution in [1.29, 1.82) is 0 Å². The number of nitrogens with one attached hydrogen (secondary N) is 1. The predicted molar refractivity (Wildman–Crippen MR) is 128 cm³/mol. The van der Waals surface area contributed by atoms with Crippen LogP contribution in [0.5, 0.6) is 0 Å². The van der Waals surface area contributed by atoms with Gasteiger partial charge in [0.1, 0.15) is 0 Å². The molecule has 0 saturated heterocycles. The first-order valence-electron chi connectivity index (χ1n) is 8.90. The lowest BCUT2D eigenvalue weighted by molar-refractivity contribution is -0.116. The van der Waals surface area contributed by atoms with Crippen molar-refractivity contribution in [1.82, 2.24) is 4.31 Å². The molecule has 0 aliphatic rings. The first kappa shape index (κ1) is 24.0. The molecule has 3 aromatic rings. The molecule has 0 bridgehead atoms. The number of amides is 1. The minimum atomic E-state index is -3.97. The van der Waals surface area contributed by atoms with Gasteiger partial charge in [0, 0.05) is 21.7 Å². The lowest BCUT2D eigenvalue weighted by atomic mass is 10.2. The third kappa shape index (κ3) is 6.44. The Bertz CT molecular complexity index is 1190. The number of hydrogen-bond donors (Lipinski definition) is 1. The van der Waals surface area contributed by atoms with E-state index in [1.165, 1.54) is 30.3 Å². The van der Waals surface area contributed by atoms with Gasteiger partial charge in [-0.15, -0.1) is 0 Å². The fraction of sp³-hybridized carbons (Fsp3) is 0.0952. The Kier molecular flexibility index (Phi) is 8.02. The van der Waals surface area contributed by atoms with E-state index in [4.69, 9.17) is 34.8 Å². The largest absolute Gasteiger partial charge is 0.325 e. The van der Waals surface area contributed by atoms with Gasteiger partial charge in [0.2, 0.25) is 15.9 Å². The van der Waals surface area contributed by atoms with Gasteiger partial charge in [0.15, 0.2) is 0 Å². The number of carbonyl (C=O) groups excluding carboxylic acids is 1. The quantitative estimate of drug-likeness (QED) is 0.371. The van der Waals surface area contributed by atoms with Crippen molar-refractivity contribution in [3.63, 3.8) is 0 Å². The summed E-state index contributed by atoms with van der Waals surface area (Å²) < 4.78 is 28.5. The molecule has 5 nitrogen and oxygen atoms in total. The Hall–Kier alpha value is -1.61. The van der Waals surface area contributed by atoms with E-state index >= 15 is 0 Å². The van der Waals surface area contributed by atoms with Gasteiger partial charge in [0.05, 0.1) is 21.5 Å². The van der Waals surface area contributed by atoms with Gasteiger partial charge in [-0.3, -0.25) is 4.79 Å². The Balaban J connectivity index is 1.87. The summed E-state index contributed by atoms with van der Waals surface area (Å²) in [5.74, 6) is -0.520. The average molecular weight is 563 g/mol. The van der Waals surface area contributed by atoms with Crippen molar-refractivity contribution in [2.75, 3.05) is 11.9 Å². The summed E-state index contributed by atoms with van der Waals surface area (Å²) in [4.78, 5) is 12.7. The minimum Gasteiger partial charge on any atom is -0.325 e. The molecule has 3 rings (SSSR count). The molecular formula is C21H16BrCl3N2O3S. The van der Waals surface area contributed by atoms with Crippen molar-refractivity contribution in [3.05, 3.63) is 91.8 Å². The van der Waals surface area contributed by atoms with Crippen LogP contribution in [0.15, 0.2) is 76.1 Å². The van der Waals surface area contributed by atoms with Crippen LogP contribution in [0, 0.1) is 0 Å². The number of rotatable bonds is 7. The fourth-order valence-corrected chi connectivity index (χ4v) is 4.78. The molecule has 0 aliphatic heterocycles. The third-order valence-corrected chi connectivity index (χ3v) is 7.57. The zero-order valence-corrected chi connectivity index (χ0v) is 20.5. The molecule has 0 fully saturated rings. The molecule has 0 atom stereocenters. The van der Waals surface area contributed by atoms with Gasteiger partial charge in [-0.2, -0.15) is 4.31 Å². The summed E-state index contributed by atoms with van der Waals surface area (Å²) in [5, 5.41) is 3.69. The van der Waals surface area contributed by atoms with E-state index < -0.39 is 22.5 Å². The van der Waals surface area contributed by atoms with E-state index in [-0.39, 0.29) is 16.5 Å². The van der Waals surface area contributed by atoms with Crippen molar-refractivity contribution < 1.29 is 13.2 Å². The lowest BCUT2D eigenvalue weighted by Gasteiger charge is -2.22. The molecule has 0 aromatic heterocycles. The number of anilines is 1. The van der Waals surface area contributed by atoms with Crippen molar-refractivity contribution >= 4 is 72.4 Å². The zero-order valence-electron chi connectivity index (χ0n) is 15.9. The standard InChI is InChI=1S/C21H16BrCl3N2O3S/c22-15-3-1-14(2-4-15)12-27(31(29,30)18-8-5-16(23)6-9-18)13-21(28)26-17-7-10-19(24)20(25)11-17/h1-11H,12-13H2,(H,26,28). The van der Waals surface area contributed by atoms with Gasteiger partial charge >= 0.3 is 0 Å². The van der Waals surface area contributed by atoms with E-state index in [1.54, 1.807) is 36.4 Å². The van der Waals surface area contributed by atoms with Crippen LogP contribution in [-0.2, 0) is 21.4 Å². The molecule has 0 aliphatic carbocycles. The Morgan fingerprint density at radius 2 is 1.55 bits per heavy atom. The molecule has 162 valence electrons. The molecular weight excluding hydrogens is 547 g/mol. The number of nitrogens with zero attached hydrogens (tertiary/aromatic N) is 1. The monoisotopic (exact) mass is 560 g/mol. The minimum absolute atomic E-state index is 0.00698. The van der Waals surface area contributed by atoms with Crippen LogP contribution in [0.4, 0.5) is 5.69 Å². The normalized spacial score (nSPS) is 11.5. The topological polar surface area (TPSA) is 66.5 Å². The molecule has 1 amide bonds. The summed E-state index contributed by atoms with van der Waals surface area (Å²) >= 11 is 21.1. The highest BCUT2D eigenvalue weighted by Crippen LogP contribution is 2.25. The third-order valence-electron chi connectivity index (χ3n) is 4.25. The SMILES string of the molecule is O=C(CN(Cc1ccc(Br)cc1)S(=O)(=O)c1ccc(Cl)cc1)Nc1ccc(Cl)c(Cl)c1. The first-order valence-corrected chi connectivity index (χ1v) is 12.3. The van der Waals surface area contributed by atoms with E-state index in [1.807, 2.05) is 0 Å². The van der Waals surface area contributed by atoms with Crippen LogP contribution in [0.3, 0.4) is 0 Å². The second kappa shape index (κ2) is 10.3. The fourth-order valence-electron chi connectivity index (χ4n) is 2.71. The van der Waals surface area contributed by atoms with Crippen LogP contribution in [0.25, 0.3) is 0 Å². The van der Waals surface area contributed by atoms with E-state index in [9.17, 15) is 13.2 Å². The smallest absolute Gasteiger partial charge is 0.243 e. The van der Waals surface area contributed by atoms with Gasteiger partial charge < -0.3 is 5.32 Å². The maximum absolute atomic E-state index is 13.3. The second-order valence-electron chi connectivity index (χ2n) is 6.53. The predicted octanol–water partition coefficient (Wildman–Crippen LogP) is 6.24. The first-order chi connectivity index (χ1) is 14.6. The molecule has 1 N–H and O–H groups in total. The lowest BCUT2D eigenvalue weighted by Crippen LogP contribution is -2.37. The molecule has 0 unspecified atom stereocenters.